The molecule has 3 atom stereocenters. The molecule has 99 heavy (non-hydrogen) atoms. The van der Waals surface area contributed by atoms with Crippen molar-refractivity contribution >= 4 is 128 Å². The summed E-state index contributed by atoms with van der Waals surface area (Å²) in [7, 11) is 2.11. The van der Waals surface area contributed by atoms with E-state index in [9.17, 15) is 24.0 Å². The fraction of sp³-hybridized carbons (Fsp3) is 0.440. The lowest BCUT2D eigenvalue weighted by atomic mass is 10.0. The van der Waals surface area contributed by atoms with E-state index in [1.54, 1.807) is 88.4 Å². The summed E-state index contributed by atoms with van der Waals surface area (Å²) in [5, 5.41) is 2.49. The Morgan fingerprint density at radius 3 is 1.29 bits per heavy atom. The molecule has 0 N–H and O–H groups in total. The van der Waals surface area contributed by atoms with Gasteiger partial charge in [-0.05, 0) is 99.0 Å². The molecular weight excluding hydrogens is 1490 g/mol. The summed E-state index contributed by atoms with van der Waals surface area (Å²) < 4.78 is 46.3. The number of hydrogen-bond acceptors (Lipinski definition) is 14. The minimum absolute atomic E-state index is 0.0704. The number of benzene rings is 5. The summed E-state index contributed by atoms with van der Waals surface area (Å²) in [6, 6.07) is 27.6. The number of rotatable bonds is 27. The molecule has 0 radical (unpaired) electrons. The van der Waals surface area contributed by atoms with Crippen LogP contribution in [0.2, 0.25) is 51.4 Å². The SMILES string of the molecule is COc1cc2c(cc1OCCCBr)N(COCC[Si](C)(C)C)C(=O)[C@@H]1CC(C)=CN1C2=O.COc1cc2c(cc1OCCCBr)N(COCC[Si](C)(C)C)C(=O)[C@@H]1CC(c3ccc(C)cc3)=CN1C2=O.COc1cc2c(cc1OCCCBr)N=C[C@@H]1CC(c3ccc(C)cc3)=CN1C2=O. The van der Waals surface area contributed by atoms with E-state index >= 15 is 0 Å². The first-order valence-electron chi connectivity index (χ1n) is 33.6. The van der Waals surface area contributed by atoms with Crippen molar-refractivity contribution in [3.8, 4) is 34.5 Å². The maximum Gasteiger partial charge on any atom is 0.260 e. The van der Waals surface area contributed by atoms with Crippen molar-refractivity contribution in [1.82, 2.24) is 14.7 Å². The normalized spacial score (nSPS) is 17.6. The van der Waals surface area contributed by atoms with Crippen LogP contribution in [0, 0.1) is 13.8 Å². The van der Waals surface area contributed by atoms with Crippen LogP contribution >= 0.6 is 47.8 Å². The molecule has 6 aliphatic heterocycles. The average molecular weight is 1580 g/mol. The Labute approximate surface area is 610 Å². The lowest BCUT2D eigenvalue weighted by Crippen LogP contribution is -2.45. The number of anilines is 2. The molecule has 0 saturated carbocycles. The quantitative estimate of drug-likeness (QED) is 0.0275. The molecule has 0 aliphatic carbocycles. The Morgan fingerprint density at radius 1 is 0.465 bits per heavy atom. The molecule has 530 valence electrons. The maximum absolute atomic E-state index is 14.0. The van der Waals surface area contributed by atoms with Gasteiger partial charge >= 0.3 is 0 Å². The first-order chi connectivity index (χ1) is 47.4. The fourth-order valence-electron chi connectivity index (χ4n) is 11.9. The van der Waals surface area contributed by atoms with E-state index in [1.807, 2.05) is 56.7 Å². The predicted octanol–water partition coefficient (Wildman–Crippen LogP) is 15.9. The van der Waals surface area contributed by atoms with E-state index in [0.29, 0.717) is 114 Å². The van der Waals surface area contributed by atoms with Crippen molar-refractivity contribution < 1.29 is 61.9 Å². The smallest absolute Gasteiger partial charge is 0.260 e. The van der Waals surface area contributed by atoms with E-state index in [4.69, 9.17) is 37.9 Å². The van der Waals surface area contributed by atoms with Crippen molar-refractivity contribution in [2.45, 2.75) is 129 Å². The highest BCUT2D eigenvalue weighted by Gasteiger charge is 2.45. The topological polar surface area (TPSA) is 188 Å². The third-order valence-corrected chi connectivity index (χ3v) is 22.6. The van der Waals surface area contributed by atoms with Gasteiger partial charge in [0.2, 0.25) is 0 Å². The molecule has 0 fully saturated rings. The predicted molar refractivity (Wildman–Crippen MR) is 408 cm³/mol. The molecule has 5 amide bonds. The number of aliphatic imine (C=N–C) groups is 1. The van der Waals surface area contributed by atoms with Crippen LogP contribution in [0.25, 0.3) is 11.1 Å². The van der Waals surface area contributed by atoms with Gasteiger partial charge in [0.1, 0.15) is 25.5 Å². The van der Waals surface area contributed by atoms with Crippen LogP contribution in [0.5, 0.6) is 34.5 Å². The second kappa shape index (κ2) is 34.5. The first kappa shape index (κ1) is 76.1. The molecule has 0 aromatic heterocycles. The average Bonchev–Trinajstić information content (AvgIpc) is 1.63. The van der Waals surface area contributed by atoms with E-state index in [-0.39, 0.29) is 49.0 Å². The fourth-order valence-corrected chi connectivity index (χ4v) is 14.1. The summed E-state index contributed by atoms with van der Waals surface area (Å²) >= 11 is 10.2. The minimum atomic E-state index is -1.31. The van der Waals surface area contributed by atoms with E-state index in [1.165, 1.54) is 5.56 Å². The molecule has 0 saturated heterocycles. The molecule has 0 spiro atoms. The molecule has 0 unspecified atom stereocenters. The summed E-state index contributed by atoms with van der Waals surface area (Å²) in [6.07, 6.45) is 11.6. The Hall–Kier alpha value is -7.07. The van der Waals surface area contributed by atoms with Gasteiger partial charge in [0.05, 0.1) is 80.9 Å². The summed E-state index contributed by atoms with van der Waals surface area (Å²) in [6.45, 7) is 22.6. The number of hydrogen-bond donors (Lipinski definition) is 0. The lowest BCUT2D eigenvalue weighted by Gasteiger charge is -2.26. The Morgan fingerprint density at radius 2 is 0.859 bits per heavy atom. The zero-order chi connectivity index (χ0) is 71.3. The molecule has 11 rings (SSSR count). The van der Waals surface area contributed by atoms with Crippen LogP contribution in [-0.4, -0.2) is 169 Å². The van der Waals surface area contributed by atoms with Crippen LogP contribution in [0.3, 0.4) is 0 Å². The molecule has 24 heteroatoms. The molecule has 19 nitrogen and oxygen atoms in total. The first-order valence-corrected chi connectivity index (χ1v) is 44.4. The van der Waals surface area contributed by atoms with Gasteiger partial charge in [0.15, 0.2) is 34.5 Å². The van der Waals surface area contributed by atoms with Gasteiger partial charge in [-0.25, -0.2) is 0 Å². The molecule has 6 aliphatic rings. The van der Waals surface area contributed by atoms with Gasteiger partial charge in [-0.15, -0.1) is 0 Å². The molecule has 5 aromatic carbocycles. The van der Waals surface area contributed by atoms with Gasteiger partial charge in [-0.2, -0.15) is 0 Å². The van der Waals surface area contributed by atoms with Crippen LogP contribution in [0.15, 0.2) is 114 Å². The monoisotopic (exact) mass is 1580 g/mol. The van der Waals surface area contributed by atoms with Crippen molar-refractivity contribution in [1.29, 1.82) is 0 Å². The van der Waals surface area contributed by atoms with Crippen molar-refractivity contribution in [2.24, 2.45) is 4.99 Å². The number of ether oxygens (including phenoxy) is 8. The summed E-state index contributed by atoms with van der Waals surface area (Å²) in [5.41, 5.74) is 10.5. The van der Waals surface area contributed by atoms with Gasteiger partial charge in [0, 0.05) is 101 Å². The number of alkyl halides is 3. The highest BCUT2D eigenvalue weighted by molar-refractivity contribution is 9.09. The van der Waals surface area contributed by atoms with Crippen LogP contribution in [0.1, 0.15) is 98.8 Å². The van der Waals surface area contributed by atoms with Gasteiger partial charge in [0.25, 0.3) is 29.5 Å². The van der Waals surface area contributed by atoms with Crippen LogP contribution in [0.4, 0.5) is 17.1 Å². The van der Waals surface area contributed by atoms with Crippen molar-refractivity contribution in [3.63, 3.8) is 0 Å². The molecule has 6 heterocycles. The van der Waals surface area contributed by atoms with E-state index in [2.05, 4.69) is 123 Å². The second-order valence-corrected chi connectivity index (χ2v) is 41.2. The largest absolute Gasteiger partial charge is 0.493 e. The summed E-state index contributed by atoms with van der Waals surface area (Å²) in [5.74, 6) is 2.24. The lowest BCUT2D eigenvalue weighted by molar-refractivity contribution is -0.123. The van der Waals surface area contributed by atoms with E-state index < -0.39 is 28.2 Å². The maximum atomic E-state index is 14.0. The number of nitrogens with zero attached hydrogens (tertiary/aromatic N) is 6. The standard InChI is InChI=1S/C29H37BrN2O5Si.C23H33BrN2O5Si.C23H23BrN2O3/c1-20-7-9-21(10-8-20)22-15-25-29(34)32(19-36-13-14-38(3,4)5)24-17-27(37-12-6-11-30)26(35-2)16-23(24)28(33)31(25)18-22;1-16-11-19-23(28)26(15-30-9-10-32(3,4)5)18-13-21(31-8-6-7-24)20(29-2)12-17(18)22(27)25(19)14-16;1-15-4-6-16(7-5-15)17-10-18-13-25-20-12-22(29-9-3-8-24)21(28-2)11-19(20)23(27)26(18)14-17/h7-10,16-18,25H,6,11-15,19H2,1-5H3;12-14,19H,6-11,15H2,1-5H3;4-7,11-14,18H,3,8-10H2,1-2H3/t25-;19-;18-/m000/s1. The number of aryl methyl sites for hydroxylation is 2. The zero-order valence-corrected chi connectivity index (χ0v) is 65.7. The number of amides is 5. The van der Waals surface area contributed by atoms with E-state index in [0.717, 1.165) is 87.2 Å². The molecular formula is C75H93Br3N6O13Si2. The molecule has 5 aromatic rings. The van der Waals surface area contributed by atoms with Crippen molar-refractivity contribution in [3.05, 3.63) is 148 Å². The number of carbonyl (C=O) groups is 5. The summed E-state index contributed by atoms with van der Waals surface area (Å²) in [4.78, 5) is 80.9. The Balaban J connectivity index is 0.000000175. The van der Waals surface area contributed by atoms with Crippen molar-refractivity contribution in [2.75, 3.05) is 93.6 Å². The highest BCUT2D eigenvalue weighted by atomic mass is 79.9. The third-order valence-electron chi connectivity index (χ3n) is 17.5. The Kier molecular flexibility index (Phi) is 26.6. The number of methoxy groups -OCH3 is 3. The number of halogens is 3. The number of carbonyl (C=O) groups excluding carboxylic acids is 5. The number of fused-ring (bicyclic) bond motifs is 6. The van der Waals surface area contributed by atoms with Gasteiger partial charge in [-0.1, -0.05) is 152 Å². The van der Waals surface area contributed by atoms with Crippen LogP contribution < -0.4 is 38.2 Å². The third kappa shape index (κ3) is 18.9. The van der Waals surface area contributed by atoms with Gasteiger partial charge in [-0.3, -0.25) is 38.8 Å². The molecule has 0 bridgehead atoms. The van der Waals surface area contributed by atoms with Gasteiger partial charge < -0.3 is 52.6 Å². The zero-order valence-electron chi connectivity index (χ0n) is 59.0. The Bertz CT molecular complexity index is 3870. The minimum Gasteiger partial charge on any atom is -0.493 e. The second-order valence-electron chi connectivity index (χ2n) is 27.6. The highest BCUT2D eigenvalue weighted by Crippen LogP contribution is 2.45. The van der Waals surface area contributed by atoms with Crippen LogP contribution in [-0.2, 0) is 19.1 Å².